The number of benzene rings is 2. The second kappa shape index (κ2) is 8.31. The van der Waals surface area contributed by atoms with Crippen molar-refractivity contribution in [3.63, 3.8) is 0 Å². The van der Waals surface area contributed by atoms with E-state index in [2.05, 4.69) is 0 Å². The number of aryl methyl sites for hydroxylation is 1. The molecule has 7 heteroatoms. The number of methoxy groups -OCH3 is 2. The molecular formula is C26H27N3O4. The summed E-state index contributed by atoms with van der Waals surface area (Å²) in [7, 11) is 5.06. The molecule has 7 nitrogen and oxygen atoms in total. The third kappa shape index (κ3) is 3.44. The van der Waals surface area contributed by atoms with Gasteiger partial charge < -0.3 is 18.9 Å². The first-order valence-corrected chi connectivity index (χ1v) is 11.2. The number of aromatic nitrogens is 2. The largest absolute Gasteiger partial charge is 0.493 e. The van der Waals surface area contributed by atoms with Gasteiger partial charge in [0.05, 0.1) is 30.9 Å². The SMILES string of the molecule is COc1cc2c(C(=O)N3CCCCC3)cn(-c3cccc4c3ccn4C)c(=O)c2cc1OC. The van der Waals surface area contributed by atoms with Crippen LogP contribution in [0.5, 0.6) is 11.5 Å². The summed E-state index contributed by atoms with van der Waals surface area (Å²) in [4.78, 5) is 29.3. The van der Waals surface area contributed by atoms with Crippen molar-refractivity contribution in [3.05, 3.63) is 64.7 Å². The molecule has 3 heterocycles. The number of pyridine rings is 1. The van der Waals surface area contributed by atoms with Crippen LogP contribution in [0, 0.1) is 0 Å². The number of carbonyl (C=O) groups is 1. The standard InChI is InChI=1S/C26H27N3O4/c1-27-13-10-17-21(27)8-7-9-22(17)29-16-20(25(30)28-11-5-4-6-12-28)18-14-23(32-2)24(33-3)15-19(18)26(29)31/h7-10,13-16H,4-6,11-12H2,1-3H3. The fraction of sp³-hybridized carbons (Fsp3) is 0.308. The second-order valence-electron chi connectivity index (χ2n) is 8.46. The minimum atomic E-state index is -0.211. The van der Waals surface area contributed by atoms with E-state index >= 15 is 0 Å². The highest BCUT2D eigenvalue weighted by atomic mass is 16.5. The molecule has 1 amide bonds. The number of amides is 1. The zero-order valence-electron chi connectivity index (χ0n) is 19.1. The predicted molar refractivity (Wildman–Crippen MR) is 129 cm³/mol. The maximum absolute atomic E-state index is 13.7. The highest BCUT2D eigenvalue weighted by Gasteiger charge is 2.24. The Morgan fingerprint density at radius 2 is 1.61 bits per heavy atom. The summed E-state index contributed by atoms with van der Waals surface area (Å²) in [6.07, 6.45) is 6.77. The molecule has 0 N–H and O–H groups in total. The number of ether oxygens (including phenoxy) is 2. The van der Waals surface area contributed by atoms with Crippen molar-refractivity contribution >= 4 is 27.6 Å². The average molecular weight is 446 g/mol. The van der Waals surface area contributed by atoms with Crippen LogP contribution in [0.4, 0.5) is 0 Å². The van der Waals surface area contributed by atoms with E-state index in [9.17, 15) is 9.59 Å². The molecule has 4 aromatic rings. The minimum Gasteiger partial charge on any atom is -0.493 e. The molecule has 1 aliphatic heterocycles. The normalized spacial score (nSPS) is 14.1. The van der Waals surface area contributed by atoms with Crippen LogP contribution in [0.3, 0.4) is 0 Å². The van der Waals surface area contributed by atoms with Gasteiger partial charge in [-0.1, -0.05) is 6.07 Å². The number of likely N-dealkylation sites (tertiary alicyclic amines) is 1. The first-order chi connectivity index (χ1) is 16.0. The lowest BCUT2D eigenvalue weighted by Gasteiger charge is -2.27. The van der Waals surface area contributed by atoms with Crippen LogP contribution in [0.15, 0.2) is 53.6 Å². The third-order valence-corrected chi connectivity index (χ3v) is 6.56. The lowest BCUT2D eigenvalue weighted by atomic mass is 10.0. The van der Waals surface area contributed by atoms with Crippen molar-refractivity contribution in [1.29, 1.82) is 0 Å². The molecule has 1 fully saturated rings. The topological polar surface area (TPSA) is 65.7 Å². The van der Waals surface area contributed by atoms with Gasteiger partial charge in [0.15, 0.2) is 11.5 Å². The first kappa shape index (κ1) is 21.1. The number of piperidine rings is 1. The highest BCUT2D eigenvalue weighted by Crippen LogP contribution is 2.34. The van der Waals surface area contributed by atoms with Gasteiger partial charge in [-0.15, -0.1) is 0 Å². The van der Waals surface area contributed by atoms with E-state index < -0.39 is 0 Å². The summed E-state index contributed by atoms with van der Waals surface area (Å²) >= 11 is 0. The average Bonchev–Trinajstić information content (AvgIpc) is 3.24. The Bertz CT molecular complexity index is 1430. The molecule has 5 rings (SSSR count). The molecule has 0 aliphatic carbocycles. The van der Waals surface area contributed by atoms with Crippen LogP contribution >= 0.6 is 0 Å². The van der Waals surface area contributed by atoms with Gasteiger partial charge >= 0.3 is 0 Å². The smallest absolute Gasteiger partial charge is 0.263 e. The number of hydrogen-bond acceptors (Lipinski definition) is 4. The molecule has 0 spiro atoms. The van der Waals surface area contributed by atoms with E-state index in [-0.39, 0.29) is 11.5 Å². The molecule has 0 radical (unpaired) electrons. The molecule has 33 heavy (non-hydrogen) atoms. The van der Waals surface area contributed by atoms with Crippen LogP contribution in [0.2, 0.25) is 0 Å². The number of rotatable bonds is 4. The fourth-order valence-corrected chi connectivity index (χ4v) is 4.78. The summed E-state index contributed by atoms with van der Waals surface area (Å²) in [5.41, 5.74) is 2.02. The van der Waals surface area contributed by atoms with Crippen LogP contribution in [-0.2, 0) is 7.05 Å². The molecule has 170 valence electrons. The van der Waals surface area contributed by atoms with Gasteiger partial charge in [-0.3, -0.25) is 14.2 Å². The second-order valence-corrected chi connectivity index (χ2v) is 8.46. The monoisotopic (exact) mass is 445 g/mol. The Labute approximate surface area is 191 Å². The Hall–Kier alpha value is -3.74. The highest BCUT2D eigenvalue weighted by molar-refractivity contribution is 6.07. The Morgan fingerprint density at radius 1 is 0.909 bits per heavy atom. The third-order valence-electron chi connectivity index (χ3n) is 6.56. The molecule has 0 atom stereocenters. The minimum absolute atomic E-state index is 0.0686. The Morgan fingerprint density at radius 3 is 2.30 bits per heavy atom. The molecule has 1 aliphatic rings. The van der Waals surface area contributed by atoms with Crippen molar-refractivity contribution < 1.29 is 14.3 Å². The van der Waals surface area contributed by atoms with Crippen LogP contribution < -0.4 is 15.0 Å². The Balaban J connectivity index is 1.82. The lowest BCUT2D eigenvalue weighted by molar-refractivity contribution is 0.0725. The van der Waals surface area contributed by atoms with E-state index in [1.807, 2.05) is 47.0 Å². The van der Waals surface area contributed by atoms with Gasteiger partial charge in [0.2, 0.25) is 0 Å². The van der Waals surface area contributed by atoms with Crippen LogP contribution in [0.25, 0.3) is 27.4 Å². The lowest BCUT2D eigenvalue weighted by Crippen LogP contribution is -2.36. The maximum Gasteiger partial charge on any atom is 0.263 e. The van der Waals surface area contributed by atoms with Gasteiger partial charge in [0.25, 0.3) is 11.5 Å². The summed E-state index contributed by atoms with van der Waals surface area (Å²) in [5, 5.41) is 1.94. The van der Waals surface area contributed by atoms with Gasteiger partial charge in [0.1, 0.15) is 0 Å². The zero-order chi connectivity index (χ0) is 23.1. The van der Waals surface area contributed by atoms with Crippen molar-refractivity contribution in [2.45, 2.75) is 19.3 Å². The zero-order valence-corrected chi connectivity index (χ0v) is 19.1. The first-order valence-electron chi connectivity index (χ1n) is 11.2. The van der Waals surface area contributed by atoms with Crippen molar-refractivity contribution in [2.75, 3.05) is 27.3 Å². The molecule has 2 aromatic heterocycles. The van der Waals surface area contributed by atoms with E-state index in [0.29, 0.717) is 27.8 Å². The summed E-state index contributed by atoms with van der Waals surface area (Å²) in [6, 6.07) is 11.2. The Kier molecular flexibility index (Phi) is 5.32. The molecule has 2 aromatic carbocycles. The summed E-state index contributed by atoms with van der Waals surface area (Å²) < 4.78 is 14.5. The quantitative estimate of drug-likeness (QED) is 0.474. The summed E-state index contributed by atoms with van der Waals surface area (Å²) in [5.74, 6) is 0.870. The van der Waals surface area contributed by atoms with E-state index in [1.165, 1.54) is 7.11 Å². The van der Waals surface area contributed by atoms with Crippen LogP contribution in [0.1, 0.15) is 29.6 Å². The fourth-order valence-electron chi connectivity index (χ4n) is 4.78. The molecule has 1 saturated heterocycles. The van der Waals surface area contributed by atoms with Crippen LogP contribution in [-0.4, -0.2) is 47.3 Å². The van der Waals surface area contributed by atoms with E-state index in [4.69, 9.17) is 9.47 Å². The molecule has 0 bridgehead atoms. The van der Waals surface area contributed by atoms with Crippen molar-refractivity contribution in [3.8, 4) is 17.2 Å². The van der Waals surface area contributed by atoms with Gasteiger partial charge in [-0.2, -0.15) is 0 Å². The summed E-state index contributed by atoms with van der Waals surface area (Å²) in [6.45, 7) is 1.45. The molecule has 0 unspecified atom stereocenters. The van der Waals surface area contributed by atoms with Gasteiger partial charge in [-0.05, 0) is 49.6 Å². The number of hydrogen-bond donors (Lipinski definition) is 0. The van der Waals surface area contributed by atoms with Crippen molar-refractivity contribution in [1.82, 2.24) is 14.0 Å². The number of nitrogens with zero attached hydrogens (tertiary/aromatic N) is 3. The maximum atomic E-state index is 13.7. The van der Waals surface area contributed by atoms with Crippen molar-refractivity contribution in [2.24, 2.45) is 7.05 Å². The van der Waals surface area contributed by atoms with Gasteiger partial charge in [0, 0.05) is 48.8 Å². The van der Waals surface area contributed by atoms with E-state index in [1.54, 1.807) is 30.0 Å². The van der Waals surface area contributed by atoms with Gasteiger partial charge in [-0.25, -0.2) is 0 Å². The molecular weight excluding hydrogens is 418 g/mol. The number of fused-ring (bicyclic) bond motifs is 2. The molecule has 0 saturated carbocycles. The predicted octanol–water partition coefficient (Wildman–Crippen LogP) is 4.13. The number of carbonyl (C=O) groups excluding carboxylic acids is 1. The van der Waals surface area contributed by atoms with E-state index in [0.717, 1.165) is 48.9 Å².